The van der Waals surface area contributed by atoms with Gasteiger partial charge >= 0.3 is 0 Å². The van der Waals surface area contributed by atoms with Crippen LogP contribution in [0, 0.1) is 0 Å². The third kappa shape index (κ3) is 3.08. The van der Waals surface area contributed by atoms with Gasteiger partial charge in [0, 0.05) is 12.3 Å². The number of carbonyl (C=O) groups is 1. The molecule has 0 fully saturated rings. The lowest BCUT2D eigenvalue weighted by Crippen LogP contribution is -2.14. The molecule has 1 aromatic heterocycles. The van der Waals surface area contributed by atoms with Crippen LogP contribution < -0.4 is 14.8 Å². The highest BCUT2D eigenvalue weighted by atomic mass is 79.9. The third-order valence-electron chi connectivity index (χ3n) is 2.62. The molecule has 1 aromatic carbocycles. The minimum Gasteiger partial charge on any atom is -0.495 e. The smallest absolute Gasteiger partial charge is 0.274 e. The van der Waals surface area contributed by atoms with Gasteiger partial charge in [-0.25, -0.2) is 0 Å². The average molecular weight is 337 g/mol. The molecule has 0 spiro atoms. The number of methoxy groups -OCH3 is 2. The molecule has 2 aromatic rings. The van der Waals surface area contributed by atoms with Gasteiger partial charge in [-0.3, -0.25) is 9.78 Å². The van der Waals surface area contributed by atoms with Gasteiger partial charge in [-0.1, -0.05) is 6.07 Å². The largest absolute Gasteiger partial charge is 0.495 e. The highest BCUT2D eigenvalue weighted by molar-refractivity contribution is 9.10. The fraction of sp³-hybridized carbons (Fsp3) is 0.143. The fourth-order valence-electron chi connectivity index (χ4n) is 1.64. The molecular weight excluding hydrogens is 324 g/mol. The van der Waals surface area contributed by atoms with Crippen molar-refractivity contribution in [3.8, 4) is 11.5 Å². The minimum atomic E-state index is -0.305. The third-order valence-corrected chi connectivity index (χ3v) is 3.24. The highest BCUT2D eigenvalue weighted by Gasteiger charge is 2.13. The summed E-state index contributed by atoms with van der Waals surface area (Å²) in [6, 6.07) is 8.56. The van der Waals surface area contributed by atoms with E-state index in [2.05, 4.69) is 26.2 Å². The lowest BCUT2D eigenvalue weighted by atomic mass is 10.2. The minimum absolute atomic E-state index is 0.305. The van der Waals surface area contributed by atoms with Crippen molar-refractivity contribution in [2.24, 2.45) is 0 Å². The summed E-state index contributed by atoms with van der Waals surface area (Å²) in [4.78, 5) is 16.1. The van der Waals surface area contributed by atoms with Crippen molar-refractivity contribution in [1.82, 2.24) is 4.98 Å². The van der Waals surface area contributed by atoms with E-state index in [0.29, 0.717) is 22.9 Å². The quantitative estimate of drug-likeness (QED) is 0.931. The topological polar surface area (TPSA) is 60.5 Å². The first-order valence-electron chi connectivity index (χ1n) is 5.79. The van der Waals surface area contributed by atoms with Gasteiger partial charge in [0.1, 0.15) is 17.2 Å². The van der Waals surface area contributed by atoms with E-state index in [9.17, 15) is 4.79 Å². The number of rotatable bonds is 4. The van der Waals surface area contributed by atoms with Crippen LogP contribution >= 0.6 is 15.9 Å². The SMILES string of the molecule is COc1cc(OC)c(NC(=O)c2ccccn2)cc1Br. The maximum Gasteiger partial charge on any atom is 0.274 e. The monoisotopic (exact) mass is 336 g/mol. The van der Waals surface area contributed by atoms with E-state index in [-0.39, 0.29) is 5.91 Å². The summed E-state index contributed by atoms with van der Waals surface area (Å²) in [6.45, 7) is 0. The molecule has 0 radical (unpaired) electrons. The molecule has 2 rings (SSSR count). The number of carbonyl (C=O) groups excluding carboxylic acids is 1. The molecule has 6 heteroatoms. The number of benzene rings is 1. The Bertz CT molecular complexity index is 617. The Labute approximate surface area is 125 Å². The molecule has 0 aliphatic carbocycles. The number of hydrogen-bond donors (Lipinski definition) is 1. The molecular formula is C14H13BrN2O3. The van der Waals surface area contributed by atoms with Gasteiger partial charge in [-0.2, -0.15) is 0 Å². The fourth-order valence-corrected chi connectivity index (χ4v) is 2.15. The van der Waals surface area contributed by atoms with E-state index in [1.807, 2.05) is 0 Å². The zero-order valence-electron chi connectivity index (χ0n) is 11.0. The van der Waals surface area contributed by atoms with E-state index < -0.39 is 0 Å². The van der Waals surface area contributed by atoms with Crippen molar-refractivity contribution in [2.45, 2.75) is 0 Å². The van der Waals surface area contributed by atoms with Gasteiger partial charge < -0.3 is 14.8 Å². The molecule has 0 aliphatic rings. The first-order valence-corrected chi connectivity index (χ1v) is 6.59. The normalized spacial score (nSPS) is 9.95. The van der Waals surface area contributed by atoms with Crippen LogP contribution in [-0.2, 0) is 0 Å². The Kier molecular flexibility index (Phi) is 4.57. The number of pyridine rings is 1. The Hall–Kier alpha value is -2.08. The van der Waals surface area contributed by atoms with Gasteiger partial charge in [-0.15, -0.1) is 0 Å². The lowest BCUT2D eigenvalue weighted by molar-refractivity contribution is 0.102. The van der Waals surface area contributed by atoms with Crippen LogP contribution in [0.15, 0.2) is 41.0 Å². The first kappa shape index (κ1) is 14.3. The molecule has 0 saturated carbocycles. The van der Waals surface area contributed by atoms with Crippen molar-refractivity contribution in [1.29, 1.82) is 0 Å². The molecule has 5 nitrogen and oxygen atoms in total. The van der Waals surface area contributed by atoms with Crippen LogP contribution in [0.1, 0.15) is 10.5 Å². The molecule has 20 heavy (non-hydrogen) atoms. The molecule has 0 unspecified atom stereocenters. The molecule has 104 valence electrons. The number of hydrogen-bond acceptors (Lipinski definition) is 4. The summed E-state index contributed by atoms with van der Waals surface area (Å²) in [5.41, 5.74) is 0.873. The summed E-state index contributed by atoms with van der Waals surface area (Å²) in [5.74, 6) is 0.827. The van der Waals surface area contributed by atoms with Crippen LogP contribution in [-0.4, -0.2) is 25.1 Å². The highest BCUT2D eigenvalue weighted by Crippen LogP contribution is 2.36. The standard InChI is InChI=1S/C14H13BrN2O3/c1-19-12-8-13(20-2)11(7-9(12)15)17-14(18)10-5-3-4-6-16-10/h3-8H,1-2H3,(H,17,18). The predicted octanol–water partition coefficient (Wildman–Crippen LogP) is 3.11. The molecule has 1 amide bonds. The lowest BCUT2D eigenvalue weighted by Gasteiger charge is -2.13. The number of nitrogens with one attached hydrogen (secondary N) is 1. The van der Waals surface area contributed by atoms with Crippen molar-refractivity contribution in [2.75, 3.05) is 19.5 Å². The average Bonchev–Trinajstić information content (AvgIpc) is 2.48. The number of ether oxygens (including phenoxy) is 2. The van der Waals surface area contributed by atoms with Gasteiger partial charge in [0.05, 0.1) is 24.4 Å². The van der Waals surface area contributed by atoms with Gasteiger partial charge in [-0.05, 0) is 34.1 Å². The van der Waals surface area contributed by atoms with Crippen molar-refractivity contribution < 1.29 is 14.3 Å². The van der Waals surface area contributed by atoms with Gasteiger partial charge in [0.25, 0.3) is 5.91 Å². The van der Waals surface area contributed by atoms with E-state index in [1.54, 1.807) is 43.6 Å². The van der Waals surface area contributed by atoms with Crippen LogP contribution in [0.4, 0.5) is 5.69 Å². The molecule has 0 aliphatic heterocycles. The summed E-state index contributed by atoms with van der Waals surface area (Å²) in [5, 5.41) is 2.76. The van der Waals surface area contributed by atoms with E-state index in [1.165, 1.54) is 7.11 Å². The molecule has 1 N–H and O–H groups in total. The van der Waals surface area contributed by atoms with E-state index in [0.717, 1.165) is 4.47 Å². The van der Waals surface area contributed by atoms with Gasteiger partial charge in [0.2, 0.25) is 0 Å². The Morgan fingerprint density at radius 1 is 1.20 bits per heavy atom. The van der Waals surface area contributed by atoms with Crippen molar-refractivity contribution in [3.63, 3.8) is 0 Å². The molecule has 0 bridgehead atoms. The van der Waals surface area contributed by atoms with E-state index in [4.69, 9.17) is 9.47 Å². The number of anilines is 1. The van der Waals surface area contributed by atoms with Crippen molar-refractivity contribution >= 4 is 27.5 Å². The van der Waals surface area contributed by atoms with Crippen molar-refractivity contribution in [3.05, 3.63) is 46.7 Å². The predicted molar refractivity (Wildman–Crippen MR) is 79.4 cm³/mol. The molecule has 0 atom stereocenters. The van der Waals surface area contributed by atoms with Crippen LogP contribution in [0.2, 0.25) is 0 Å². The van der Waals surface area contributed by atoms with Crippen LogP contribution in [0.5, 0.6) is 11.5 Å². The zero-order chi connectivity index (χ0) is 14.5. The van der Waals surface area contributed by atoms with Gasteiger partial charge in [0.15, 0.2) is 0 Å². The number of amides is 1. The van der Waals surface area contributed by atoms with Crippen LogP contribution in [0.25, 0.3) is 0 Å². The maximum absolute atomic E-state index is 12.1. The Morgan fingerprint density at radius 3 is 2.55 bits per heavy atom. The number of nitrogens with zero attached hydrogens (tertiary/aromatic N) is 1. The zero-order valence-corrected chi connectivity index (χ0v) is 12.6. The second-order valence-electron chi connectivity index (χ2n) is 3.86. The Morgan fingerprint density at radius 2 is 1.95 bits per heavy atom. The second-order valence-corrected chi connectivity index (χ2v) is 4.71. The summed E-state index contributed by atoms with van der Waals surface area (Å²) >= 11 is 3.37. The Balaban J connectivity index is 2.29. The molecule has 0 saturated heterocycles. The van der Waals surface area contributed by atoms with E-state index >= 15 is 0 Å². The maximum atomic E-state index is 12.1. The second kappa shape index (κ2) is 6.38. The number of halogens is 1. The number of aromatic nitrogens is 1. The summed E-state index contributed by atoms with van der Waals surface area (Å²) < 4.78 is 11.1. The molecule has 1 heterocycles. The summed E-state index contributed by atoms with van der Waals surface area (Å²) in [6.07, 6.45) is 1.57. The summed E-state index contributed by atoms with van der Waals surface area (Å²) in [7, 11) is 3.09. The van der Waals surface area contributed by atoms with Crippen LogP contribution in [0.3, 0.4) is 0 Å². The first-order chi connectivity index (χ1) is 9.65.